The van der Waals surface area contributed by atoms with Crippen molar-refractivity contribution in [2.45, 2.75) is 19.7 Å². The molecule has 0 atom stereocenters. The topological polar surface area (TPSA) is 54.8 Å². The number of aryl methyl sites for hydroxylation is 1. The number of benzene rings is 6. The van der Waals surface area contributed by atoms with E-state index in [0.717, 1.165) is 69.4 Å². The molecule has 66 heavy (non-hydrogen) atoms. The molecule has 0 amide bonds. The van der Waals surface area contributed by atoms with E-state index in [1.165, 1.54) is 27.9 Å². The number of anilines is 3. The Bertz CT molecular complexity index is 3130. The first-order chi connectivity index (χ1) is 32.9. The molecule has 0 fully saturated rings. The van der Waals surface area contributed by atoms with E-state index in [1.54, 1.807) is 24.5 Å². The molecule has 4 aromatic heterocycles. The number of pyridine rings is 4. The minimum atomic E-state index is -2.20. The van der Waals surface area contributed by atoms with Gasteiger partial charge in [0.1, 0.15) is 11.6 Å². The van der Waals surface area contributed by atoms with Crippen molar-refractivity contribution >= 4 is 17.3 Å². The predicted molar refractivity (Wildman–Crippen MR) is 258 cm³/mol. The molecular weight excluding hydrogens is 1170 g/mol. The zero-order valence-corrected chi connectivity index (χ0v) is 40.1. The molecule has 12 rings (SSSR count). The van der Waals surface area contributed by atoms with E-state index >= 15 is 0 Å². The van der Waals surface area contributed by atoms with Gasteiger partial charge in [0.05, 0.1) is 5.69 Å². The Kier molecular flexibility index (Phi) is 13.5. The van der Waals surface area contributed by atoms with Crippen LogP contribution in [0.4, 0.5) is 17.3 Å². The number of nitrogens with zero attached hydrogens (tertiary/aromatic N) is 5. The molecule has 323 valence electrons. The minimum Gasteiger partial charge on any atom is -0.305 e. The van der Waals surface area contributed by atoms with Gasteiger partial charge in [-0.2, -0.15) is 0 Å². The van der Waals surface area contributed by atoms with Gasteiger partial charge in [-0.3, -0.25) is 14.9 Å². The summed E-state index contributed by atoms with van der Waals surface area (Å²) in [6, 6.07) is 76.3. The molecule has 2 aliphatic rings. The van der Waals surface area contributed by atoms with Crippen LogP contribution in [0.3, 0.4) is 0 Å². The number of hydrogen-bond acceptors (Lipinski definition) is 5. The molecule has 0 spiro atoms. The van der Waals surface area contributed by atoms with E-state index in [1.807, 2.05) is 127 Å². The first-order valence-corrected chi connectivity index (χ1v) is 21.1. The molecule has 1 radical (unpaired) electrons. The summed E-state index contributed by atoms with van der Waals surface area (Å²) in [5.41, 5.74) is 15.4. The minimum absolute atomic E-state index is 0. The van der Waals surface area contributed by atoms with Crippen LogP contribution < -0.4 is 4.90 Å². The van der Waals surface area contributed by atoms with Crippen LogP contribution in [-0.2, 0) is 54.0 Å². The van der Waals surface area contributed by atoms with Gasteiger partial charge in [0, 0.05) is 55.0 Å². The van der Waals surface area contributed by atoms with E-state index in [4.69, 9.17) is 14.1 Å². The summed E-state index contributed by atoms with van der Waals surface area (Å²) in [5.74, 6) is 1.93. The van der Waals surface area contributed by atoms with Gasteiger partial charge in [-0.05, 0) is 69.1 Å². The van der Waals surface area contributed by atoms with E-state index in [0.29, 0.717) is 16.8 Å². The number of fused-ring (bicyclic) bond motifs is 4. The molecule has 6 aromatic carbocycles. The van der Waals surface area contributed by atoms with Gasteiger partial charge in [-0.25, -0.2) is 0 Å². The quantitative estimate of drug-likeness (QED) is 0.161. The number of hydrogen-bond donors (Lipinski definition) is 0. The fraction of sp³-hybridized carbons (Fsp3) is 0.0508. The Morgan fingerprint density at radius 3 is 1.45 bits per heavy atom. The van der Waals surface area contributed by atoms with Crippen LogP contribution in [0.2, 0.25) is 0 Å². The average molecular weight is 1210 g/mol. The molecule has 0 aliphatic carbocycles. The zero-order chi connectivity index (χ0) is 45.6. The van der Waals surface area contributed by atoms with Crippen molar-refractivity contribution in [1.29, 1.82) is 0 Å². The molecule has 10 aromatic rings. The van der Waals surface area contributed by atoms with Gasteiger partial charge in [-0.15, -0.1) is 144 Å². The van der Waals surface area contributed by atoms with Gasteiger partial charge >= 0.3 is 21.1 Å². The van der Waals surface area contributed by atoms with Crippen molar-refractivity contribution in [2.75, 3.05) is 4.90 Å². The van der Waals surface area contributed by atoms with E-state index in [-0.39, 0.29) is 41.2 Å². The van der Waals surface area contributed by atoms with Crippen molar-refractivity contribution < 1.29 is 45.3 Å². The molecule has 6 heterocycles. The first kappa shape index (κ1) is 41.7. The van der Waals surface area contributed by atoms with Gasteiger partial charge in [0.2, 0.25) is 0 Å². The molecule has 0 bridgehead atoms. The second-order valence-corrected chi connectivity index (χ2v) is 15.3. The Morgan fingerprint density at radius 1 is 0.470 bits per heavy atom. The summed E-state index contributed by atoms with van der Waals surface area (Å²) in [7, 11) is 0. The van der Waals surface area contributed by atoms with E-state index in [2.05, 4.69) is 93.7 Å². The second kappa shape index (κ2) is 21.4. The van der Waals surface area contributed by atoms with Crippen molar-refractivity contribution in [3.8, 4) is 56.2 Å². The molecular formula is C59H41IrN5Pt-2. The summed E-state index contributed by atoms with van der Waals surface area (Å²) in [6.45, 7) is -2.20. The third-order valence-electron chi connectivity index (χ3n) is 11.1. The molecule has 0 saturated carbocycles. The maximum atomic E-state index is 7.82. The maximum absolute atomic E-state index is 7.82. The Balaban J connectivity index is 0.000000154. The zero-order valence-electron chi connectivity index (χ0n) is 38.4. The van der Waals surface area contributed by atoms with Gasteiger partial charge in [0.25, 0.3) is 0 Å². The summed E-state index contributed by atoms with van der Waals surface area (Å²) in [4.78, 5) is 21.2. The van der Waals surface area contributed by atoms with Crippen molar-refractivity contribution in [2.24, 2.45) is 0 Å². The van der Waals surface area contributed by atoms with Crippen LogP contribution in [0.15, 0.2) is 207 Å². The fourth-order valence-electron chi connectivity index (χ4n) is 8.04. The SMILES string of the molecule is [2H]C([2H])([2H])c1cc(-c2[c-]cccc2)ncc1-c1ccccc1.[Ir].[Pt+2].[c-]1ccccc1-c1ccc2c(n1)N1c3nc(-c4[c-]cccc4)ccc3Cc3cccc(c31)C2.[c-]1ccccc1-c1ccccn1. The second-order valence-electron chi connectivity index (χ2n) is 15.3. The molecule has 0 unspecified atom stereocenters. The van der Waals surface area contributed by atoms with Gasteiger partial charge < -0.3 is 9.97 Å². The largest absolute Gasteiger partial charge is 2.00 e. The van der Waals surface area contributed by atoms with Crippen molar-refractivity contribution in [3.05, 3.63) is 259 Å². The van der Waals surface area contributed by atoms with Crippen LogP contribution in [-0.4, -0.2) is 19.9 Å². The molecule has 7 heteroatoms. The summed E-state index contributed by atoms with van der Waals surface area (Å²) < 4.78 is 23.5. The Hall–Kier alpha value is -6.94. The molecule has 0 saturated heterocycles. The average Bonchev–Trinajstić information content (AvgIpc) is 3.40. The summed E-state index contributed by atoms with van der Waals surface area (Å²) in [5, 5.41) is 0. The van der Waals surface area contributed by atoms with E-state index < -0.39 is 6.85 Å². The Labute approximate surface area is 419 Å². The van der Waals surface area contributed by atoms with Crippen molar-refractivity contribution in [1.82, 2.24) is 19.9 Å². The monoisotopic (exact) mass is 1210 g/mol. The molecule has 2 aliphatic heterocycles. The van der Waals surface area contributed by atoms with Crippen LogP contribution in [0.1, 0.15) is 31.9 Å². The Morgan fingerprint density at radius 2 is 0.970 bits per heavy atom. The molecule has 0 N–H and O–H groups in total. The van der Waals surface area contributed by atoms with Crippen LogP contribution in [0, 0.1) is 31.1 Å². The van der Waals surface area contributed by atoms with Crippen LogP contribution in [0.5, 0.6) is 0 Å². The van der Waals surface area contributed by atoms with Gasteiger partial charge in [0.15, 0.2) is 0 Å². The maximum Gasteiger partial charge on any atom is 2.00 e. The van der Waals surface area contributed by atoms with Gasteiger partial charge in [-0.1, -0.05) is 91.0 Å². The molecule has 5 nitrogen and oxygen atoms in total. The normalized spacial score (nSPS) is 12.2. The number of aromatic nitrogens is 4. The summed E-state index contributed by atoms with van der Waals surface area (Å²) in [6.07, 6.45) is 5.17. The smallest absolute Gasteiger partial charge is 0.305 e. The summed E-state index contributed by atoms with van der Waals surface area (Å²) >= 11 is 0. The standard InChI is InChI=1S/C30H19N3.C18H14N.C11H8N.Ir.Pt/c1-3-8-20(9-4-1)26-16-14-24-18-22-12-7-13-23-19-25-15-17-27(21-10-5-2-6-11-21)32-30(25)33(28(22)23)29(24)31-26;1-14-12-18(16-10-6-3-7-11-16)19-13-17(14)15-8-4-2-5-9-15;1-2-6-10(7-3-1)11-8-4-5-9-12-11;;/h1-8,10,12-17H,18-19H2;2-10,12-13H,1H3;1-6,8-9H;;/q-2;2*-1;;+2/i;1D3;;;. The van der Waals surface area contributed by atoms with Crippen LogP contribution in [0.25, 0.3) is 56.2 Å². The van der Waals surface area contributed by atoms with Crippen molar-refractivity contribution in [3.63, 3.8) is 0 Å². The third kappa shape index (κ3) is 9.98. The fourth-order valence-corrected chi connectivity index (χ4v) is 8.04. The predicted octanol–water partition coefficient (Wildman–Crippen LogP) is 13.8. The van der Waals surface area contributed by atoms with Crippen LogP contribution >= 0.6 is 0 Å². The first-order valence-electron chi connectivity index (χ1n) is 22.6. The third-order valence-corrected chi connectivity index (χ3v) is 11.1. The number of rotatable bonds is 5. The van der Waals surface area contributed by atoms with E-state index in [9.17, 15) is 0 Å². The number of para-hydroxylation sites is 1.